The summed E-state index contributed by atoms with van der Waals surface area (Å²) in [5, 5.41) is 4.71. The Morgan fingerprint density at radius 2 is 1.57 bits per heavy atom. The predicted octanol–water partition coefficient (Wildman–Crippen LogP) is 13.9. The van der Waals surface area contributed by atoms with Gasteiger partial charge in [0.1, 0.15) is 11.3 Å². The molecule has 2 heterocycles. The molecule has 0 saturated carbocycles. The molecule has 8 rings (SSSR count). The van der Waals surface area contributed by atoms with Crippen LogP contribution in [0, 0.1) is 12.3 Å². The molecule has 0 bridgehead atoms. The lowest BCUT2D eigenvalue weighted by Gasteiger charge is -2.34. The van der Waals surface area contributed by atoms with Gasteiger partial charge in [0.25, 0.3) is 0 Å². The second kappa shape index (κ2) is 12.6. The molecule has 0 atom stereocenters. The van der Waals surface area contributed by atoms with E-state index in [-0.39, 0.29) is 5.41 Å². The Balaban J connectivity index is 1.47. The molecule has 7 aromatic rings. The summed E-state index contributed by atoms with van der Waals surface area (Å²) in [5.74, 6) is 0.737. The Bertz CT molecular complexity index is 2660. The van der Waals surface area contributed by atoms with Gasteiger partial charge in [-0.15, -0.1) is 0 Å². The number of aromatic nitrogens is 1. The molecule has 5 aromatic carbocycles. The molecular formula is C49H41NO. The average Bonchev–Trinajstić information content (AvgIpc) is 3.71. The lowest BCUT2D eigenvalue weighted by molar-refractivity contribution is 0.604. The van der Waals surface area contributed by atoms with Crippen LogP contribution in [0.15, 0.2) is 145 Å². The lowest BCUT2D eigenvalue weighted by Crippen LogP contribution is -2.19. The zero-order valence-electron chi connectivity index (χ0n) is 29.7. The number of hydrogen-bond acceptors (Lipinski definition) is 1. The highest BCUT2D eigenvalue weighted by Crippen LogP contribution is 2.49. The molecule has 2 aromatic heterocycles. The van der Waals surface area contributed by atoms with Gasteiger partial charge in [-0.25, -0.2) is 0 Å². The molecule has 1 aliphatic rings. The van der Waals surface area contributed by atoms with E-state index in [1.807, 2.05) is 13.0 Å². The molecule has 1 aliphatic carbocycles. The first-order valence-corrected chi connectivity index (χ1v) is 17.6. The molecule has 0 N–H and O–H groups in total. The van der Waals surface area contributed by atoms with E-state index in [1.54, 1.807) is 6.08 Å². The third-order valence-electron chi connectivity index (χ3n) is 10.4. The normalized spacial score (nSPS) is 15.0. The van der Waals surface area contributed by atoms with Crippen molar-refractivity contribution >= 4 is 68.2 Å². The van der Waals surface area contributed by atoms with Crippen LogP contribution in [0.2, 0.25) is 0 Å². The van der Waals surface area contributed by atoms with Gasteiger partial charge < -0.3 is 8.98 Å². The first-order valence-electron chi connectivity index (χ1n) is 17.6. The van der Waals surface area contributed by atoms with Crippen molar-refractivity contribution < 1.29 is 4.42 Å². The maximum atomic E-state index is 6.40. The van der Waals surface area contributed by atoms with E-state index in [9.17, 15) is 0 Å². The topological polar surface area (TPSA) is 18.1 Å². The van der Waals surface area contributed by atoms with Crippen molar-refractivity contribution in [1.29, 1.82) is 0 Å². The van der Waals surface area contributed by atoms with E-state index in [0.717, 1.165) is 44.5 Å². The molecule has 0 amide bonds. The Morgan fingerprint density at radius 1 is 0.784 bits per heavy atom. The maximum Gasteiger partial charge on any atom is 0.143 e. The summed E-state index contributed by atoms with van der Waals surface area (Å²) in [6, 6.07) is 35.2. The van der Waals surface area contributed by atoms with Crippen molar-refractivity contribution in [2.75, 3.05) is 0 Å². The molecule has 0 fully saturated rings. The summed E-state index contributed by atoms with van der Waals surface area (Å²) in [7, 11) is 0. The summed E-state index contributed by atoms with van der Waals surface area (Å²) in [5.41, 5.74) is 13.5. The second-order valence-corrected chi connectivity index (χ2v) is 13.9. The van der Waals surface area contributed by atoms with Crippen LogP contribution < -0.4 is 0 Å². The average molecular weight is 660 g/mol. The number of nitrogens with zero attached hydrogens (tertiary/aromatic N) is 1. The second-order valence-electron chi connectivity index (χ2n) is 13.9. The highest BCUT2D eigenvalue weighted by molar-refractivity contribution is 6.06. The molecule has 2 nitrogen and oxygen atoms in total. The molecule has 248 valence electrons. The lowest BCUT2D eigenvalue weighted by atomic mass is 9.72. The molecule has 51 heavy (non-hydrogen) atoms. The van der Waals surface area contributed by atoms with Gasteiger partial charge in [-0.2, -0.15) is 0 Å². The molecule has 2 heteroatoms. The van der Waals surface area contributed by atoms with E-state index < -0.39 is 0 Å². The van der Waals surface area contributed by atoms with Crippen LogP contribution >= 0.6 is 0 Å². The zero-order chi connectivity index (χ0) is 35.3. The smallest absolute Gasteiger partial charge is 0.143 e. The first-order chi connectivity index (χ1) is 24.8. The standard InChI is InChI=1S/C49H41NO/c1-7-10-11-19-36-31-50(44-27-25-35(30-43(36)44)41-22-16-23-42-37(8-2)45(9-3)51-48(41)42)47(39-26-24-33-17-12-14-20-38(33)32(39)4)46-40-21-15-13-18-34(40)28-29-49(46,5)6/h7-31H,2-3H2,1,4-6H3/b10-7-,19-11-,47-46+. The van der Waals surface area contributed by atoms with E-state index >= 15 is 0 Å². The van der Waals surface area contributed by atoms with Crippen LogP contribution in [0.3, 0.4) is 0 Å². The number of furan rings is 1. The monoisotopic (exact) mass is 659 g/mol. The molecule has 0 aliphatic heterocycles. The summed E-state index contributed by atoms with van der Waals surface area (Å²) < 4.78 is 8.84. The van der Waals surface area contributed by atoms with Crippen LogP contribution in [0.1, 0.15) is 59.9 Å². The fourth-order valence-corrected chi connectivity index (χ4v) is 7.86. The van der Waals surface area contributed by atoms with E-state index in [1.165, 1.54) is 49.7 Å². The summed E-state index contributed by atoms with van der Waals surface area (Å²) >= 11 is 0. The number of hydrogen-bond donors (Lipinski definition) is 0. The van der Waals surface area contributed by atoms with Gasteiger partial charge in [0.05, 0.1) is 11.2 Å². The highest BCUT2D eigenvalue weighted by atomic mass is 16.3. The Kier molecular flexibility index (Phi) is 7.96. The number of rotatable bonds is 7. The van der Waals surface area contributed by atoms with E-state index in [4.69, 9.17) is 4.42 Å². The molecule has 0 spiro atoms. The third kappa shape index (κ3) is 5.27. The van der Waals surface area contributed by atoms with E-state index in [0.29, 0.717) is 0 Å². The van der Waals surface area contributed by atoms with Crippen molar-refractivity contribution in [3.63, 3.8) is 0 Å². The minimum Gasteiger partial charge on any atom is -0.455 e. The SMILES string of the molecule is C=Cc1oc2c(-c3ccc4c(c3)c(/C=C\C=C/C)cn4/C(=C3\c4ccccc4C=CC3(C)C)c3ccc4ccccc4c3C)cccc2c1C=C. The summed E-state index contributed by atoms with van der Waals surface area (Å²) in [6.45, 7) is 17.0. The maximum absolute atomic E-state index is 6.40. The van der Waals surface area contributed by atoms with Crippen molar-refractivity contribution in [3.8, 4) is 11.1 Å². The van der Waals surface area contributed by atoms with Crippen LogP contribution in [0.4, 0.5) is 0 Å². The van der Waals surface area contributed by atoms with Crippen LogP contribution in [-0.4, -0.2) is 4.57 Å². The van der Waals surface area contributed by atoms with Gasteiger partial charge in [-0.05, 0) is 70.7 Å². The van der Waals surface area contributed by atoms with Crippen molar-refractivity contribution in [2.45, 2.75) is 27.7 Å². The van der Waals surface area contributed by atoms with Gasteiger partial charge in [0.2, 0.25) is 0 Å². The number of benzene rings is 5. The molecule has 0 saturated heterocycles. The van der Waals surface area contributed by atoms with Crippen LogP contribution in [-0.2, 0) is 0 Å². The fraction of sp³-hybridized carbons (Fsp3) is 0.102. The zero-order valence-corrected chi connectivity index (χ0v) is 29.7. The van der Waals surface area contributed by atoms with Crippen molar-refractivity contribution in [3.05, 3.63) is 180 Å². The van der Waals surface area contributed by atoms with Crippen molar-refractivity contribution in [2.24, 2.45) is 5.41 Å². The third-order valence-corrected chi connectivity index (χ3v) is 10.4. The quantitative estimate of drug-likeness (QED) is 0.156. The predicted molar refractivity (Wildman–Crippen MR) is 221 cm³/mol. The molecule has 0 radical (unpaired) electrons. The first kappa shape index (κ1) is 32.1. The Labute approximate surface area is 300 Å². The summed E-state index contributed by atoms with van der Waals surface area (Å²) in [4.78, 5) is 0. The number of para-hydroxylation sites is 1. The van der Waals surface area contributed by atoms with Gasteiger partial charge in [-0.3, -0.25) is 0 Å². The van der Waals surface area contributed by atoms with Gasteiger partial charge in [0.15, 0.2) is 0 Å². The Hall–Kier alpha value is -6.12. The van der Waals surface area contributed by atoms with Gasteiger partial charge in [-0.1, -0.05) is 154 Å². The minimum atomic E-state index is -0.236. The van der Waals surface area contributed by atoms with Gasteiger partial charge >= 0.3 is 0 Å². The molecule has 0 unspecified atom stereocenters. The van der Waals surface area contributed by atoms with Crippen molar-refractivity contribution in [1.82, 2.24) is 4.57 Å². The molecular weight excluding hydrogens is 619 g/mol. The number of fused-ring (bicyclic) bond motifs is 4. The summed E-state index contributed by atoms with van der Waals surface area (Å²) in [6.07, 6.45) is 19.1. The van der Waals surface area contributed by atoms with E-state index in [2.05, 4.69) is 178 Å². The number of aryl methyl sites for hydroxylation is 1. The number of allylic oxidation sites excluding steroid dienone is 5. The highest BCUT2D eigenvalue weighted by Gasteiger charge is 2.32. The van der Waals surface area contributed by atoms with Gasteiger partial charge in [0, 0.05) is 44.6 Å². The largest absolute Gasteiger partial charge is 0.455 e. The minimum absolute atomic E-state index is 0.236. The fourth-order valence-electron chi connectivity index (χ4n) is 7.86. The Morgan fingerprint density at radius 3 is 2.39 bits per heavy atom. The van der Waals surface area contributed by atoms with Crippen LogP contribution in [0.5, 0.6) is 0 Å². The van der Waals surface area contributed by atoms with Crippen LogP contribution in [0.25, 0.3) is 79.3 Å².